The third-order valence-electron chi connectivity index (χ3n) is 10.8. The first-order valence-electron chi connectivity index (χ1n) is 15.8. The van der Waals surface area contributed by atoms with Gasteiger partial charge in [0.15, 0.2) is 0 Å². The highest BCUT2D eigenvalue weighted by Gasteiger charge is 2.55. The maximum Gasteiger partial charge on any atom is 0.495 e. The first kappa shape index (κ1) is 26.3. The molecule has 5 nitrogen and oxygen atoms in total. The van der Waals surface area contributed by atoms with Gasteiger partial charge in [0, 0.05) is 11.6 Å². The maximum absolute atomic E-state index is 6.62. The first-order chi connectivity index (χ1) is 20.3. The lowest BCUT2D eigenvalue weighted by Gasteiger charge is -2.32. The Kier molecular flexibility index (Phi) is 6.00. The van der Waals surface area contributed by atoms with E-state index in [1.165, 1.54) is 64.7 Å². The molecule has 2 bridgehead atoms. The maximum atomic E-state index is 6.62. The fourth-order valence-corrected chi connectivity index (χ4v) is 7.87. The van der Waals surface area contributed by atoms with Crippen LogP contribution in [0.4, 0.5) is 5.69 Å². The number of hydrogen-bond donors (Lipinski definition) is 1. The van der Waals surface area contributed by atoms with Gasteiger partial charge in [0.2, 0.25) is 0 Å². The Morgan fingerprint density at radius 2 is 1.40 bits per heavy atom. The second kappa shape index (κ2) is 9.58. The highest BCUT2D eigenvalue weighted by molar-refractivity contribution is 6.62. The van der Waals surface area contributed by atoms with Gasteiger partial charge in [0.1, 0.15) is 5.82 Å². The Bertz CT molecular complexity index is 1610. The molecular formula is C36H40BN3O2. The topological polar surface area (TPSA) is 50.4 Å². The number of para-hydroxylation sites is 1. The van der Waals surface area contributed by atoms with E-state index < -0.39 is 0 Å². The Balaban J connectivity index is 1.19. The molecule has 42 heavy (non-hydrogen) atoms. The molecule has 1 saturated carbocycles. The summed E-state index contributed by atoms with van der Waals surface area (Å²) >= 11 is 0. The number of nitrogens with one attached hydrogen (secondary N) is 1. The molecule has 2 atom stereocenters. The normalized spacial score (nSPS) is 24.1. The van der Waals surface area contributed by atoms with Crippen molar-refractivity contribution in [1.82, 2.24) is 9.97 Å². The summed E-state index contributed by atoms with van der Waals surface area (Å²) in [6, 6.07) is 25.2. The molecule has 214 valence electrons. The number of rotatable bonds is 5. The van der Waals surface area contributed by atoms with Crippen molar-refractivity contribution >= 4 is 18.3 Å². The number of H-pyrrole nitrogens is 1. The van der Waals surface area contributed by atoms with Crippen LogP contribution in [0.3, 0.4) is 0 Å². The van der Waals surface area contributed by atoms with Crippen molar-refractivity contribution in [1.29, 1.82) is 0 Å². The van der Waals surface area contributed by atoms with Crippen LogP contribution in [0, 0.1) is 0 Å². The van der Waals surface area contributed by atoms with Crippen LogP contribution in [0.1, 0.15) is 101 Å². The van der Waals surface area contributed by atoms with E-state index in [-0.39, 0.29) is 18.3 Å². The molecule has 4 aromatic rings. The zero-order chi connectivity index (χ0) is 28.6. The SMILES string of the molecule is CC1(C)OB(c2ccc(-c3ccc(-c4cnc(C5CCCC5)[nH]4)cc3)c3c2C2CCC3N2c2ccccc2)OC1(C)C. The highest BCUT2D eigenvalue weighted by atomic mass is 16.7. The van der Waals surface area contributed by atoms with Crippen LogP contribution in [0.2, 0.25) is 0 Å². The van der Waals surface area contributed by atoms with Crippen LogP contribution in [0.25, 0.3) is 22.4 Å². The lowest BCUT2D eigenvalue weighted by Crippen LogP contribution is -2.41. The molecule has 1 aliphatic carbocycles. The van der Waals surface area contributed by atoms with Gasteiger partial charge in [-0.05, 0) is 98.8 Å². The molecule has 0 spiro atoms. The monoisotopic (exact) mass is 557 g/mol. The average Bonchev–Trinajstić information content (AvgIpc) is 3.82. The fraction of sp³-hybridized carbons (Fsp3) is 0.417. The van der Waals surface area contributed by atoms with E-state index in [1.807, 2.05) is 6.20 Å². The smallest absolute Gasteiger partial charge is 0.399 e. The van der Waals surface area contributed by atoms with Crippen LogP contribution < -0.4 is 10.4 Å². The number of nitrogens with zero attached hydrogens (tertiary/aromatic N) is 2. The molecule has 8 rings (SSSR count). The number of aromatic amines is 1. The molecule has 0 amide bonds. The summed E-state index contributed by atoms with van der Waals surface area (Å²) < 4.78 is 13.2. The Labute approximate surface area is 249 Å². The van der Waals surface area contributed by atoms with Crippen molar-refractivity contribution in [2.45, 2.75) is 95.4 Å². The molecule has 3 aliphatic heterocycles. The zero-order valence-corrected chi connectivity index (χ0v) is 25.2. The van der Waals surface area contributed by atoms with E-state index in [0.29, 0.717) is 18.0 Å². The molecular weight excluding hydrogens is 517 g/mol. The van der Waals surface area contributed by atoms with E-state index in [2.05, 4.69) is 104 Å². The summed E-state index contributed by atoms with van der Waals surface area (Å²) in [7, 11) is -0.369. The summed E-state index contributed by atoms with van der Waals surface area (Å²) in [5.41, 5.74) is 9.46. The van der Waals surface area contributed by atoms with Crippen LogP contribution in [-0.4, -0.2) is 28.3 Å². The molecule has 1 aromatic heterocycles. The van der Waals surface area contributed by atoms with Crippen LogP contribution in [-0.2, 0) is 9.31 Å². The molecule has 2 saturated heterocycles. The Hall–Kier alpha value is -3.35. The quantitative estimate of drug-likeness (QED) is 0.252. The molecule has 4 aliphatic rings. The van der Waals surface area contributed by atoms with Crippen molar-refractivity contribution in [2.24, 2.45) is 0 Å². The zero-order valence-electron chi connectivity index (χ0n) is 25.2. The van der Waals surface area contributed by atoms with Gasteiger partial charge in [-0.25, -0.2) is 4.98 Å². The van der Waals surface area contributed by atoms with Gasteiger partial charge in [-0.3, -0.25) is 0 Å². The lowest BCUT2D eigenvalue weighted by atomic mass is 9.70. The van der Waals surface area contributed by atoms with E-state index in [0.717, 1.165) is 24.4 Å². The fourth-order valence-electron chi connectivity index (χ4n) is 7.87. The first-order valence-corrected chi connectivity index (χ1v) is 15.8. The molecule has 6 heteroatoms. The van der Waals surface area contributed by atoms with Crippen LogP contribution in [0.5, 0.6) is 0 Å². The largest absolute Gasteiger partial charge is 0.495 e. The minimum Gasteiger partial charge on any atom is -0.399 e. The summed E-state index contributed by atoms with van der Waals surface area (Å²) in [5.74, 6) is 1.74. The number of aromatic nitrogens is 2. The molecule has 2 unspecified atom stereocenters. The number of fused-ring (bicyclic) bond motifs is 5. The molecule has 3 fully saturated rings. The lowest BCUT2D eigenvalue weighted by molar-refractivity contribution is 0.00578. The van der Waals surface area contributed by atoms with Crippen molar-refractivity contribution in [3.05, 3.63) is 89.9 Å². The molecule has 0 radical (unpaired) electrons. The van der Waals surface area contributed by atoms with Crippen LogP contribution >= 0.6 is 0 Å². The molecule has 3 aromatic carbocycles. The van der Waals surface area contributed by atoms with E-state index in [9.17, 15) is 0 Å². The van der Waals surface area contributed by atoms with Gasteiger partial charge in [0.25, 0.3) is 0 Å². The summed E-state index contributed by atoms with van der Waals surface area (Å²) in [4.78, 5) is 11.0. The molecule has 1 N–H and O–H groups in total. The average molecular weight is 558 g/mol. The van der Waals surface area contributed by atoms with Gasteiger partial charge in [-0.15, -0.1) is 0 Å². The number of benzene rings is 3. The molecule has 4 heterocycles. The van der Waals surface area contributed by atoms with Crippen molar-refractivity contribution < 1.29 is 9.31 Å². The van der Waals surface area contributed by atoms with E-state index in [4.69, 9.17) is 14.3 Å². The van der Waals surface area contributed by atoms with Gasteiger partial charge in [-0.1, -0.05) is 67.4 Å². The Morgan fingerprint density at radius 3 is 2.10 bits per heavy atom. The van der Waals surface area contributed by atoms with Crippen molar-refractivity contribution in [2.75, 3.05) is 4.90 Å². The number of anilines is 1. The van der Waals surface area contributed by atoms with Crippen molar-refractivity contribution in [3.63, 3.8) is 0 Å². The summed E-state index contributed by atoms with van der Waals surface area (Å²) in [6.45, 7) is 8.56. The second-order valence-corrected chi connectivity index (χ2v) is 13.7. The van der Waals surface area contributed by atoms with E-state index >= 15 is 0 Å². The third kappa shape index (κ3) is 4.02. The van der Waals surface area contributed by atoms with Crippen LogP contribution in [0.15, 0.2) is 72.9 Å². The van der Waals surface area contributed by atoms with E-state index in [1.54, 1.807) is 0 Å². The Morgan fingerprint density at radius 1 is 0.762 bits per heavy atom. The van der Waals surface area contributed by atoms with Gasteiger partial charge in [0.05, 0.1) is 35.2 Å². The number of imidazole rings is 1. The van der Waals surface area contributed by atoms with Gasteiger partial charge >= 0.3 is 7.12 Å². The second-order valence-electron chi connectivity index (χ2n) is 13.7. The minimum atomic E-state index is -0.375. The standard InChI is InChI=1S/C36H40BN3O2/c1-35(2)36(3,4)42-37(41-35)28-19-18-27(32-30-20-21-31(33(28)32)40(30)26-12-6-5-7-13-26)23-14-16-24(17-15-23)29-22-38-34(39-29)25-10-8-9-11-25/h5-7,12-19,22,25,30-31H,8-11,20-21H2,1-4H3,(H,38,39). The predicted octanol–water partition coefficient (Wildman–Crippen LogP) is 8.10. The minimum absolute atomic E-state index is 0.319. The van der Waals surface area contributed by atoms with Crippen molar-refractivity contribution in [3.8, 4) is 22.4 Å². The summed E-state index contributed by atoms with van der Waals surface area (Å²) in [5, 5.41) is 0. The number of hydrogen-bond acceptors (Lipinski definition) is 4. The predicted molar refractivity (Wildman–Crippen MR) is 170 cm³/mol. The van der Waals surface area contributed by atoms with Gasteiger partial charge < -0.3 is 19.2 Å². The highest BCUT2D eigenvalue weighted by Crippen LogP contribution is 2.57. The third-order valence-corrected chi connectivity index (χ3v) is 10.8. The van der Waals surface area contributed by atoms with Gasteiger partial charge in [-0.2, -0.15) is 0 Å². The summed E-state index contributed by atoms with van der Waals surface area (Å²) in [6.07, 6.45) is 9.44.